The van der Waals surface area contributed by atoms with Gasteiger partial charge in [-0.15, -0.1) is 11.3 Å². The number of hydrogen-bond acceptors (Lipinski definition) is 6. The molecule has 0 amide bonds. The Morgan fingerprint density at radius 3 is 2.96 bits per heavy atom. The zero-order valence-corrected chi connectivity index (χ0v) is 14.8. The van der Waals surface area contributed by atoms with E-state index in [4.69, 9.17) is 4.74 Å². The number of aromatic amines is 1. The van der Waals surface area contributed by atoms with E-state index < -0.39 is 0 Å². The van der Waals surface area contributed by atoms with Crippen LogP contribution >= 0.6 is 11.3 Å². The average Bonchev–Trinajstić information content (AvgIpc) is 3.22. The number of rotatable bonds is 4. The summed E-state index contributed by atoms with van der Waals surface area (Å²) in [5.74, 6) is 0. The Morgan fingerprint density at radius 2 is 2.17 bits per heavy atom. The van der Waals surface area contributed by atoms with E-state index in [0.29, 0.717) is 0 Å². The molecule has 1 unspecified atom stereocenters. The van der Waals surface area contributed by atoms with Gasteiger partial charge < -0.3 is 4.74 Å². The van der Waals surface area contributed by atoms with Crippen LogP contribution in [0, 0.1) is 5.41 Å². The highest BCUT2D eigenvalue weighted by molar-refractivity contribution is 7.09. The van der Waals surface area contributed by atoms with E-state index >= 15 is 0 Å². The lowest BCUT2D eigenvalue weighted by atomic mass is 9.80. The minimum atomic E-state index is 0.246. The molecule has 2 aliphatic rings. The first-order chi connectivity index (χ1) is 11.8. The van der Waals surface area contributed by atoms with E-state index in [1.807, 2.05) is 17.5 Å². The van der Waals surface area contributed by atoms with E-state index in [1.54, 1.807) is 0 Å². The molecule has 0 aliphatic carbocycles. The molecule has 4 rings (SSSR count). The second kappa shape index (κ2) is 7.31. The van der Waals surface area contributed by atoms with Crippen LogP contribution < -0.4 is 0 Å². The van der Waals surface area contributed by atoms with E-state index in [1.165, 1.54) is 24.3 Å². The van der Waals surface area contributed by atoms with Crippen molar-refractivity contribution in [1.29, 1.82) is 0 Å². The van der Waals surface area contributed by atoms with Crippen molar-refractivity contribution in [3.63, 3.8) is 0 Å². The van der Waals surface area contributed by atoms with Gasteiger partial charge >= 0.3 is 0 Å². The summed E-state index contributed by atoms with van der Waals surface area (Å²) in [6.07, 6.45) is 4.33. The van der Waals surface area contributed by atoms with Gasteiger partial charge in [-0.2, -0.15) is 15.4 Å². The van der Waals surface area contributed by atoms with E-state index in [2.05, 4.69) is 42.7 Å². The van der Waals surface area contributed by atoms with Crippen molar-refractivity contribution < 1.29 is 4.74 Å². The monoisotopic (exact) mass is 347 g/mol. The Morgan fingerprint density at radius 1 is 1.25 bits per heavy atom. The van der Waals surface area contributed by atoms with Crippen LogP contribution in [0.25, 0.3) is 0 Å². The van der Waals surface area contributed by atoms with E-state index in [0.717, 1.165) is 51.6 Å². The summed E-state index contributed by atoms with van der Waals surface area (Å²) in [6.45, 7) is 7.99. The van der Waals surface area contributed by atoms with Crippen LogP contribution in [0.1, 0.15) is 23.4 Å². The zero-order chi connectivity index (χ0) is 16.2. The molecule has 130 valence electrons. The normalized spacial score (nSPS) is 26.7. The zero-order valence-electron chi connectivity index (χ0n) is 14.0. The number of likely N-dealkylation sites (tertiary alicyclic amines) is 1. The van der Waals surface area contributed by atoms with Gasteiger partial charge in [0.2, 0.25) is 0 Å². The molecule has 24 heavy (non-hydrogen) atoms. The van der Waals surface area contributed by atoms with Gasteiger partial charge in [-0.3, -0.25) is 9.80 Å². The van der Waals surface area contributed by atoms with Crippen molar-refractivity contribution in [2.24, 2.45) is 5.41 Å². The third-order valence-corrected chi connectivity index (χ3v) is 5.93. The lowest BCUT2D eigenvalue weighted by molar-refractivity contribution is 0.00272. The Hall–Kier alpha value is -1.28. The predicted molar refractivity (Wildman–Crippen MR) is 93.7 cm³/mol. The topological polar surface area (TPSA) is 57.3 Å². The maximum absolute atomic E-state index is 6.01. The number of nitrogens with one attached hydrogen (secondary N) is 1. The predicted octanol–water partition coefficient (Wildman–Crippen LogP) is 1.98. The van der Waals surface area contributed by atoms with Crippen molar-refractivity contribution in [1.82, 2.24) is 25.2 Å². The maximum Gasteiger partial charge on any atom is 0.0964 e. The van der Waals surface area contributed by atoms with Crippen LogP contribution in [0.15, 0.2) is 23.7 Å². The van der Waals surface area contributed by atoms with Crippen molar-refractivity contribution in [3.8, 4) is 0 Å². The number of thiophene rings is 1. The summed E-state index contributed by atoms with van der Waals surface area (Å²) in [5.41, 5.74) is 1.26. The quantitative estimate of drug-likeness (QED) is 0.916. The maximum atomic E-state index is 6.01. The summed E-state index contributed by atoms with van der Waals surface area (Å²) in [5, 5.41) is 13.0. The van der Waals surface area contributed by atoms with Crippen molar-refractivity contribution in [2.75, 3.05) is 39.4 Å². The molecule has 4 heterocycles. The summed E-state index contributed by atoms with van der Waals surface area (Å²) < 4.78 is 6.01. The van der Waals surface area contributed by atoms with Crippen LogP contribution in [0.3, 0.4) is 0 Å². The Bertz CT molecular complexity index is 617. The SMILES string of the molecule is c1csc(CN2CCCC3(COCCN(Cc4cn[nH]n4)C3)C2)c1. The van der Waals surface area contributed by atoms with Gasteiger partial charge in [0.15, 0.2) is 0 Å². The van der Waals surface area contributed by atoms with Gasteiger partial charge in [0.05, 0.1) is 25.1 Å². The van der Waals surface area contributed by atoms with Crippen molar-refractivity contribution in [3.05, 3.63) is 34.3 Å². The molecular formula is C17H25N5OS. The van der Waals surface area contributed by atoms with Gasteiger partial charge in [-0.05, 0) is 30.8 Å². The fraction of sp³-hybridized carbons (Fsp3) is 0.647. The highest BCUT2D eigenvalue weighted by Crippen LogP contribution is 2.34. The van der Waals surface area contributed by atoms with E-state index in [9.17, 15) is 0 Å². The van der Waals surface area contributed by atoms with Crippen LogP contribution in [0.4, 0.5) is 0 Å². The van der Waals surface area contributed by atoms with Crippen LogP contribution in [0.2, 0.25) is 0 Å². The fourth-order valence-electron chi connectivity index (χ4n) is 4.06. The van der Waals surface area contributed by atoms with E-state index in [-0.39, 0.29) is 5.41 Å². The van der Waals surface area contributed by atoms with Crippen molar-refractivity contribution >= 4 is 11.3 Å². The number of nitrogens with zero attached hydrogens (tertiary/aromatic N) is 4. The summed E-state index contributed by atoms with van der Waals surface area (Å²) in [7, 11) is 0. The smallest absolute Gasteiger partial charge is 0.0964 e. The number of ether oxygens (including phenoxy) is 1. The fourth-order valence-corrected chi connectivity index (χ4v) is 4.81. The lowest BCUT2D eigenvalue weighted by Crippen LogP contribution is -2.50. The summed E-state index contributed by atoms with van der Waals surface area (Å²) in [6, 6.07) is 4.39. The molecule has 2 saturated heterocycles. The second-order valence-electron chi connectivity index (χ2n) is 7.12. The third kappa shape index (κ3) is 3.85. The molecule has 2 fully saturated rings. The first-order valence-corrected chi connectivity index (χ1v) is 9.59. The first-order valence-electron chi connectivity index (χ1n) is 8.71. The number of H-pyrrole nitrogens is 1. The minimum absolute atomic E-state index is 0.246. The molecule has 2 aromatic rings. The van der Waals surface area contributed by atoms with Crippen LogP contribution in [-0.2, 0) is 17.8 Å². The molecule has 1 atom stereocenters. The summed E-state index contributed by atoms with van der Waals surface area (Å²) >= 11 is 1.86. The molecule has 1 spiro atoms. The molecular weight excluding hydrogens is 322 g/mol. The average molecular weight is 347 g/mol. The molecule has 0 aromatic carbocycles. The number of aromatic nitrogens is 3. The highest BCUT2D eigenvalue weighted by atomic mass is 32.1. The largest absolute Gasteiger partial charge is 0.379 e. The van der Waals surface area contributed by atoms with Gasteiger partial charge in [-0.1, -0.05) is 6.07 Å². The second-order valence-corrected chi connectivity index (χ2v) is 8.15. The summed E-state index contributed by atoms with van der Waals surface area (Å²) in [4.78, 5) is 6.55. The molecule has 2 aromatic heterocycles. The highest BCUT2D eigenvalue weighted by Gasteiger charge is 2.38. The Kier molecular flexibility index (Phi) is 4.93. The standard InChI is InChI=1S/C17H25N5OS/c1-3-16(24-8-1)11-21-5-2-4-17(12-21)13-22(6-7-23-14-17)10-15-9-18-20-19-15/h1,3,8-9H,2,4-7,10-14H2,(H,18,19,20). The molecule has 6 nitrogen and oxygen atoms in total. The van der Waals surface area contributed by atoms with Gasteiger partial charge in [0, 0.05) is 43.0 Å². The lowest BCUT2D eigenvalue weighted by Gasteiger charge is -2.43. The van der Waals surface area contributed by atoms with Gasteiger partial charge in [-0.25, -0.2) is 0 Å². The van der Waals surface area contributed by atoms with Crippen LogP contribution in [0.5, 0.6) is 0 Å². The molecule has 0 bridgehead atoms. The molecule has 0 saturated carbocycles. The van der Waals surface area contributed by atoms with Crippen LogP contribution in [-0.4, -0.2) is 64.6 Å². The van der Waals surface area contributed by atoms with Gasteiger partial charge in [0.1, 0.15) is 0 Å². The molecule has 0 radical (unpaired) electrons. The minimum Gasteiger partial charge on any atom is -0.379 e. The molecule has 2 aliphatic heterocycles. The Labute approximate surface area is 146 Å². The van der Waals surface area contributed by atoms with Gasteiger partial charge in [0.25, 0.3) is 0 Å². The van der Waals surface area contributed by atoms with Crippen molar-refractivity contribution in [2.45, 2.75) is 25.9 Å². The third-order valence-electron chi connectivity index (χ3n) is 5.07. The first kappa shape index (κ1) is 16.2. The molecule has 7 heteroatoms. The molecule has 1 N–H and O–H groups in total. The number of piperidine rings is 1. The number of hydrogen-bond donors (Lipinski definition) is 1. The Balaban J connectivity index is 1.43.